The van der Waals surface area contributed by atoms with Crippen LogP contribution in [0.4, 0.5) is 5.82 Å². The van der Waals surface area contributed by atoms with E-state index in [-0.39, 0.29) is 0 Å². The van der Waals surface area contributed by atoms with Gasteiger partial charge in [-0.2, -0.15) is 5.10 Å². The molecule has 0 unspecified atom stereocenters. The van der Waals surface area contributed by atoms with Crippen molar-refractivity contribution in [3.63, 3.8) is 0 Å². The molecule has 0 aliphatic rings. The van der Waals surface area contributed by atoms with Crippen LogP contribution < -0.4 is 11.3 Å². The Morgan fingerprint density at radius 3 is 2.71 bits per heavy atom. The van der Waals surface area contributed by atoms with Gasteiger partial charge in [0.1, 0.15) is 17.5 Å². The van der Waals surface area contributed by atoms with Crippen molar-refractivity contribution < 1.29 is 0 Å². The van der Waals surface area contributed by atoms with Crippen molar-refractivity contribution in [1.29, 1.82) is 0 Å². The zero-order chi connectivity index (χ0) is 12.4. The Bertz CT molecular complexity index is 536. The van der Waals surface area contributed by atoms with E-state index in [0.29, 0.717) is 23.1 Å². The number of rotatable bonds is 3. The largest absolute Gasteiger partial charge is 0.308 e. The standard InChI is InChI=1S/C10H13ClN6/c1-6-13-7(2)17(16-6)5-9-8(11)3-4-10(14-9)15-12/h3-4H,5,12H2,1-2H3,(H,14,15). The van der Waals surface area contributed by atoms with Crippen LogP contribution in [0.25, 0.3) is 0 Å². The molecule has 0 radical (unpaired) electrons. The molecule has 17 heavy (non-hydrogen) atoms. The summed E-state index contributed by atoms with van der Waals surface area (Å²) in [5, 5.41) is 4.84. The molecule has 0 bridgehead atoms. The topological polar surface area (TPSA) is 81.7 Å². The fraction of sp³-hybridized carbons (Fsp3) is 0.300. The zero-order valence-electron chi connectivity index (χ0n) is 9.61. The third-order valence-corrected chi connectivity index (χ3v) is 2.67. The van der Waals surface area contributed by atoms with Crippen LogP contribution in [-0.4, -0.2) is 19.7 Å². The maximum atomic E-state index is 6.07. The molecule has 0 saturated heterocycles. The summed E-state index contributed by atoms with van der Waals surface area (Å²) in [6.45, 7) is 4.20. The summed E-state index contributed by atoms with van der Waals surface area (Å²) >= 11 is 6.07. The third-order valence-electron chi connectivity index (χ3n) is 2.33. The Labute approximate surface area is 104 Å². The van der Waals surface area contributed by atoms with Gasteiger partial charge < -0.3 is 5.43 Å². The molecule has 0 atom stereocenters. The van der Waals surface area contributed by atoms with E-state index >= 15 is 0 Å². The predicted octanol–water partition coefficient (Wildman–Crippen LogP) is 1.28. The molecule has 0 saturated carbocycles. The minimum Gasteiger partial charge on any atom is -0.308 e. The van der Waals surface area contributed by atoms with Gasteiger partial charge in [-0.1, -0.05) is 11.6 Å². The number of hydrogen-bond donors (Lipinski definition) is 2. The van der Waals surface area contributed by atoms with E-state index in [0.717, 1.165) is 11.6 Å². The Kier molecular flexibility index (Phi) is 3.26. The lowest BCUT2D eigenvalue weighted by Gasteiger charge is -2.07. The summed E-state index contributed by atoms with van der Waals surface area (Å²) in [6, 6.07) is 3.46. The van der Waals surface area contributed by atoms with Crippen LogP contribution in [0.5, 0.6) is 0 Å². The molecule has 2 rings (SSSR count). The molecule has 0 fully saturated rings. The van der Waals surface area contributed by atoms with Gasteiger partial charge in [0, 0.05) is 0 Å². The van der Waals surface area contributed by atoms with E-state index in [1.165, 1.54) is 0 Å². The number of aromatic nitrogens is 4. The second kappa shape index (κ2) is 4.68. The van der Waals surface area contributed by atoms with Crippen molar-refractivity contribution in [2.75, 3.05) is 5.43 Å². The van der Waals surface area contributed by atoms with E-state index in [4.69, 9.17) is 17.4 Å². The Morgan fingerprint density at radius 1 is 1.35 bits per heavy atom. The Morgan fingerprint density at radius 2 is 2.12 bits per heavy atom. The van der Waals surface area contributed by atoms with Gasteiger partial charge in [0.2, 0.25) is 0 Å². The highest BCUT2D eigenvalue weighted by molar-refractivity contribution is 6.31. The van der Waals surface area contributed by atoms with Gasteiger partial charge in [0.05, 0.1) is 17.3 Å². The summed E-state index contributed by atoms with van der Waals surface area (Å²) in [7, 11) is 0. The number of aryl methyl sites for hydroxylation is 2. The highest BCUT2D eigenvalue weighted by atomic mass is 35.5. The van der Waals surface area contributed by atoms with Crippen LogP contribution in [0.15, 0.2) is 12.1 Å². The van der Waals surface area contributed by atoms with E-state index < -0.39 is 0 Å². The van der Waals surface area contributed by atoms with Crippen LogP contribution in [-0.2, 0) is 6.54 Å². The Hall–Kier alpha value is -1.66. The van der Waals surface area contributed by atoms with Gasteiger partial charge >= 0.3 is 0 Å². The normalized spacial score (nSPS) is 10.6. The number of halogens is 1. The quantitative estimate of drug-likeness (QED) is 0.635. The number of nitrogens with two attached hydrogens (primary N) is 1. The number of hydrazine groups is 1. The lowest BCUT2D eigenvalue weighted by molar-refractivity contribution is 0.645. The monoisotopic (exact) mass is 252 g/mol. The van der Waals surface area contributed by atoms with Gasteiger partial charge in [-0.15, -0.1) is 0 Å². The first-order chi connectivity index (χ1) is 8.10. The van der Waals surface area contributed by atoms with Gasteiger partial charge in [-0.05, 0) is 26.0 Å². The lowest BCUT2D eigenvalue weighted by atomic mass is 10.3. The molecule has 0 spiro atoms. The smallest absolute Gasteiger partial charge is 0.147 e. The van der Waals surface area contributed by atoms with Crippen LogP contribution >= 0.6 is 11.6 Å². The molecular formula is C10H13ClN6. The second-order valence-corrected chi connectivity index (χ2v) is 4.04. The molecule has 2 aromatic heterocycles. The van der Waals surface area contributed by atoms with Gasteiger partial charge in [-0.25, -0.2) is 20.5 Å². The van der Waals surface area contributed by atoms with Gasteiger partial charge in [0.15, 0.2) is 0 Å². The third kappa shape index (κ3) is 2.54. The summed E-state index contributed by atoms with van der Waals surface area (Å²) in [4.78, 5) is 8.50. The second-order valence-electron chi connectivity index (χ2n) is 3.63. The number of anilines is 1. The van der Waals surface area contributed by atoms with Crippen molar-refractivity contribution in [3.8, 4) is 0 Å². The lowest BCUT2D eigenvalue weighted by Crippen LogP contribution is -2.11. The highest BCUT2D eigenvalue weighted by Gasteiger charge is 2.08. The van der Waals surface area contributed by atoms with Crippen molar-refractivity contribution in [1.82, 2.24) is 19.7 Å². The SMILES string of the molecule is Cc1nc(C)n(Cc2nc(NN)ccc2Cl)n1. The van der Waals surface area contributed by atoms with Gasteiger partial charge in [-0.3, -0.25) is 0 Å². The number of nitrogens with zero attached hydrogens (tertiary/aromatic N) is 4. The van der Waals surface area contributed by atoms with E-state index in [1.54, 1.807) is 16.8 Å². The van der Waals surface area contributed by atoms with Crippen LogP contribution in [0.2, 0.25) is 5.02 Å². The van der Waals surface area contributed by atoms with E-state index in [2.05, 4.69) is 20.5 Å². The minimum atomic E-state index is 0.473. The predicted molar refractivity (Wildman–Crippen MR) is 65.7 cm³/mol. The van der Waals surface area contributed by atoms with Crippen molar-refractivity contribution in [2.24, 2.45) is 5.84 Å². The molecule has 6 nitrogen and oxygen atoms in total. The number of hydrogen-bond acceptors (Lipinski definition) is 5. The molecule has 0 aliphatic heterocycles. The van der Waals surface area contributed by atoms with Crippen molar-refractivity contribution in [3.05, 3.63) is 34.5 Å². The first-order valence-electron chi connectivity index (χ1n) is 5.10. The summed E-state index contributed by atoms with van der Waals surface area (Å²) in [5.41, 5.74) is 3.19. The Balaban J connectivity index is 2.32. The molecule has 3 N–H and O–H groups in total. The maximum absolute atomic E-state index is 6.07. The molecule has 2 aromatic rings. The molecular weight excluding hydrogens is 240 g/mol. The van der Waals surface area contributed by atoms with E-state index in [9.17, 15) is 0 Å². The maximum Gasteiger partial charge on any atom is 0.147 e. The fourth-order valence-electron chi connectivity index (χ4n) is 1.53. The van der Waals surface area contributed by atoms with Crippen LogP contribution in [0.3, 0.4) is 0 Å². The van der Waals surface area contributed by atoms with E-state index in [1.807, 2.05) is 13.8 Å². The van der Waals surface area contributed by atoms with Crippen LogP contribution in [0, 0.1) is 13.8 Å². The number of pyridine rings is 1. The average Bonchev–Trinajstić information content (AvgIpc) is 2.60. The minimum absolute atomic E-state index is 0.473. The summed E-state index contributed by atoms with van der Waals surface area (Å²) < 4.78 is 1.75. The fourth-order valence-corrected chi connectivity index (χ4v) is 1.69. The molecule has 90 valence electrons. The van der Waals surface area contributed by atoms with Gasteiger partial charge in [0.25, 0.3) is 0 Å². The number of nitrogen functional groups attached to an aromatic ring is 1. The first-order valence-corrected chi connectivity index (χ1v) is 5.48. The summed E-state index contributed by atoms with van der Waals surface area (Å²) in [5.74, 6) is 7.43. The van der Waals surface area contributed by atoms with Crippen LogP contribution in [0.1, 0.15) is 17.3 Å². The van der Waals surface area contributed by atoms with Crippen molar-refractivity contribution in [2.45, 2.75) is 20.4 Å². The van der Waals surface area contributed by atoms with Crippen molar-refractivity contribution >= 4 is 17.4 Å². The average molecular weight is 253 g/mol. The zero-order valence-corrected chi connectivity index (χ0v) is 10.4. The summed E-state index contributed by atoms with van der Waals surface area (Å²) in [6.07, 6.45) is 0. The molecule has 7 heteroatoms. The molecule has 2 heterocycles. The number of nitrogens with one attached hydrogen (secondary N) is 1. The first kappa shape index (κ1) is 11.8. The molecule has 0 aromatic carbocycles. The molecule has 0 amide bonds. The highest BCUT2D eigenvalue weighted by Crippen LogP contribution is 2.17. The molecule has 0 aliphatic carbocycles.